The van der Waals surface area contributed by atoms with E-state index in [1.54, 1.807) is 24.3 Å². The van der Waals surface area contributed by atoms with Crippen molar-refractivity contribution in [1.82, 2.24) is 0 Å². The Kier molecular flexibility index (Phi) is 6.22. The van der Waals surface area contributed by atoms with Gasteiger partial charge in [0, 0.05) is 34.6 Å². The number of carbonyl (C=O) groups is 2. The van der Waals surface area contributed by atoms with Gasteiger partial charge in [-0.25, -0.2) is 0 Å². The van der Waals surface area contributed by atoms with E-state index in [2.05, 4.69) is 54.7 Å². The fourth-order valence-corrected chi connectivity index (χ4v) is 5.29. The van der Waals surface area contributed by atoms with Gasteiger partial charge in [-0.2, -0.15) is 0 Å². The second kappa shape index (κ2) is 9.98. The zero-order valence-electron chi connectivity index (χ0n) is 21.3. The van der Waals surface area contributed by atoms with E-state index in [1.165, 1.54) is 11.1 Å². The highest BCUT2D eigenvalue weighted by Crippen LogP contribution is 2.33. The summed E-state index contributed by atoms with van der Waals surface area (Å²) in [4.78, 5) is 28.7. The van der Waals surface area contributed by atoms with Gasteiger partial charge < -0.3 is 10.2 Å². The molecular formula is C34H28N2O2. The summed E-state index contributed by atoms with van der Waals surface area (Å²) in [5, 5.41) is 5.16. The molecule has 5 aromatic carbocycles. The van der Waals surface area contributed by atoms with E-state index in [-0.39, 0.29) is 11.8 Å². The number of para-hydroxylation sites is 1. The zero-order valence-corrected chi connectivity index (χ0v) is 21.3. The lowest BCUT2D eigenvalue weighted by molar-refractivity contribution is 0.0984. The number of aryl methyl sites for hydroxylation is 2. The largest absolute Gasteiger partial charge is 0.322 e. The maximum Gasteiger partial charge on any atom is 0.258 e. The second-order valence-corrected chi connectivity index (χ2v) is 9.80. The molecule has 1 aliphatic rings. The lowest BCUT2D eigenvalue weighted by Crippen LogP contribution is -2.35. The van der Waals surface area contributed by atoms with E-state index >= 15 is 0 Å². The van der Waals surface area contributed by atoms with Crippen LogP contribution in [0.1, 0.15) is 38.3 Å². The first-order valence-corrected chi connectivity index (χ1v) is 13.0. The van der Waals surface area contributed by atoms with Crippen LogP contribution in [0.2, 0.25) is 0 Å². The Morgan fingerprint density at radius 1 is 0.763 bits per heavy atom. The van der Waals surface area contributed by atoms with Gasteiger partial charge in [0.15, 0.2) is 0 Å². The van der Waals surface area contributed by atoms with Gasteiger partial charge >= 0.3 is 0 Å². The Bertz CT molecular complexity index is 1650. The van der Waals surface area contributed by atoms with Crippen molar-refractivity contribution >= 4 is 34.0 Å². The van der Waals surface area contributed by atoms with Gasteiger partial charge in [0.1, 0.15) is 0 Å². The molecule has 0 unspecified atom stereocenters. The predicted molar refractivity (Wildman–Crippen MR) is 155 cm³/mol. The molecule has 1 heterocycles. The third-order valence-corrected chi connectivity index (χ3v) is 7.26. The molecular weight excluding hydrogens is 468 g/mol. The van der Waals surface area contributed by atoms with E-state index in [9.17, 15) is 9.59 Å². The quantitative estimate of drug-likeness (QED) is 0.278. The van der Waals surface area contributed by atoms with Crippen LogP contribution in [0.25, 0.3) is 21.9 Å². The molecule has 1 N–H and O–H groups in total. The van der Waals surface area contributed by atoms with E-state index < -0.39 is 0 Å². The van der Waals surface area contributed by atoms with Crippen LogP contribution < -0.4 is 10.2 Å². The average Bonchev–Trinajstić information content (AvgIpc) is 2.97. The number of anilines is 2. The van der Waals surface area contributed by atoms with Crippen molar-refractivity contribution in [2.45, 2.75) is 19.8 Å². The minimum Gasteiger partial charge on any atom is -0.322 e. The van der Waals surface area contributed by atoms with Gasteiger partial charge in [-0.05, 0) is 78.1 Å². The topological polar surface area (TPSA) is 49.4 Å². The maximum atomic E-state index is 13.5. The summed E-state index contributed by atoms with van der Waals surface area (Å²) in [6, 6.07) is 35.5. The van der Waals surface area contributed by atoms with Crippen LogP contribution >= 0.6 is 0 Å². The van der Waals surface area contributed by atoms with Crippen molar-refractivity contribution in [1.29, 1.82) is 0 Å². The Hall–Kier alpha value is -4.70. The molecule has 2 amide bonds. The highest BCUT2D eigenvalue weighted by molar-refractivity contribution is 6.14. The molecule has 0 radical (unpaired) electrons. The molecule has 1 aliphatic heterocycles. The highest BCUT2D eigenvalue weighted by atomic mass is 16.2. The minimum atomic E-state index is -0.185. The lowest BCUT2D eigenvalue weighted by Gasteiger charge is -2.29. The fraction of sp³-hybridized carbons (Fsp3) is 0.118. The first-order chi connectivity index (χ1) is 18.6. The van der Waals surface area contributed by atoms with Crippen molar-refractivity contribution in [3.05, 3.63) is 131 Å². The number of hydrogen-bond donors (Lipinski definition) is 1. The molecule has 186 valence electrons. The summed E-state index contributed by atoms with van der Waals surface area (Å²) in [7, 11) is 0. The van der Waals surface area contributed by atoms with Crippen LogP contribution in [0.4, 0.5) is 11.4 Å². The maximum absolute atomic E-state index is 13.5. The Balaban J connectivity index is 1.28. The van der Waals surface area contributed by atoms with Crippen molar-refractivity contribution < 1.29 is 9.59 Å². The molecule has 0 fully saturated rings. The minimum absolute atomic E-state index is 0.0220. The van der Waals surface area contributed by atoms with E-state index in [0.717, 1.165) is 40.4 Å². The van der Waals surface area contributed by atoms with Gasteiger partial charge in [0.05, 0.1) is 0 Å². The van der Waals surface area contributed by atoms with Crippen LogP contribution in [0.15, 0.2) is 109 Å². The normalized spacial score (nSPS) is 12.7. The van der Waals surface area contributed by atoms with Crippen LogP contribution in [0, 0.1) is 6.92 Å². The van der Waals surface area contributed by atoms with E-state index in [1.807, 2.05) is 47.4 Å². The Labute approximate surface area is 222 Å². The molecule has 4 heteroatoms. The van der Waals surface area contributed by atoms with Gasteiger partial charge in [0.2, 0.25) is 0 Å². The molecule has 38 heavy (non-hydrogen) atoms. The molecule has 0 bridgehead atoms. The molecule has 0 spiro atoms. The van der Waals surface area contributed by atoms with Crippen LogP contribution in [0.5, 0.6) is 0 Å². The number of fused-ring (bicyclic) bond motifs is 2. The molecule has 4 nitrogen and oxygen atoms in total. The van der Waals surface area contributed by atoms with Gasteiger partial charge in [-0.3, -0.25) is 9.59 Å². The highest BCUT2D eigenvalue weighted by Gasteiger charge is 2.23. The number of benzene rings is 5. The van der Waals surface area contributed by atoms with Gasteiger partial charge in [0.25, 0.3) is 11.8 Å². The average molecular weight is 497 g/mol. The SMILES string of the molecule is Cc1ccc(-c2c(C(=O)Nc3ccc(C(=O)N4CCCc5ccccc54)cc3)ccc3ccccc23)cc1. The molecule has 6 rings (SSSR count). The Morgan fingerprint density at radius 3 is 2.32 bits per heavy atom. The standard InChI is InChI=1S/C34H28N2O2/c1-23-12-14-26(15-13-23)32-29-10-4-2-7-24(29)18-21-30(32)33(37)35-28-19-16-27(17-20-28)34(38)36-22-6-9-25-8-3-5-11-31(25)36/h2-5,7-8,10-21H,6,9,22H2,1H3,(H,35,37). The third-order valence-electron chi connectivity index (χ3n) is 7.26. The number of rotatable bonds is 4. The summed E-state index contributed by atoms with van der Waals surface area (Å²) < 4.78 is 0. The Morgan fingerprint density at radius 2 is 1.50 bits per heavy atom. The monoisotopic (exact) mass is 496 g/mol. The van der Waals surface area contributed by atoms with Gasteiger partial charge in [-0.15, -0.1) is 0 Å². The number of hydrogen-bond acceptors (Lipinski definition) is 2. The van der Waals surface area contributed by atoms with Gasteiger partial charge in [-0.1, -0.05) is 78.4 Å². The van der Waals surface area contributed by atoms with Crippen molar-refractivity contribution in [3.63, 3.8) is 0 Å². The molecule has 5 aromatic rings. The number of nitrogens with one attached hydrogen (secondary N) is 1. The lowest BCUT2D eigenvalue weighted by atomic mass is 9.92. The van der Waals surface area contributed by atoms with Crippen molar-refractivity contribution in [2.24, 2.45) is 0 Å². The molecule has 0 saturated carbocycles. The second-order valence-electron chi connectivity index (χ2n) is 9.80. The molecule has 0 atom stereocenters. The van der Waals surface area contributed by atoms with Crippen molar-refractivity contribution in [3.8, 4) is 11.1 Å². The van der Waals surface area contributed by atoms with E-state index in [4.69, 9.17) is 0 Å². The molecule has 0 aromatic heterocycles. The van der Waals surface area contributed by atoms with Crippen LogP contribution in [0.3, 0.4) is 0 Å². The van der Waals surface area contributed by atoms with Crippen molar-refractivity contribution in [2.75, 3.05) is 16.8 Å². The molecule has 0 aliphatic carbocycles. The van der Waals surface area contributed by atoms with Crippen LogP contribution in [-0.2, 0) is 6.42 Å². The summed E-state index contributed by atoms with van der Waals surface area (Å²) >= 11 is 0. The summed E-state index contributed by atoms with van der Waals surface area (Å²) in [5.41, 5.74) is 7.13. The zero-order chi connectivity index (χ0) is 26.1. The number of carbonyl (C=O) groups excluding carboxylic acids is 2. The summed E-state index contributed by atoms with van der Waals surface area (Å²) in [6.07, 6.45) is 1.94. The fourth-order valence-electron chi connectivity index (χ4n) is 5.29. The molecule has 0 saturated heterocycles. The number of nitrogens with zero attached hydrogens (tertiary/aromatic N) is 1. The smallest absolute Gasteiger partial charge is 0.258 e. The van der Waals surface area contributed by atoms with Crippen LogP contribution in [-0.4, -0.2) is 18.4 Å². The summed E-state index contributed by atoms with van der Waals surface area (Å²) in [5.74, 6) is -0.207. The first kappa shape index (κ1) is 23.7. The predicted octanol–water partition coefficient (Wildman–Crippen LogP) is 7.66. The van der Waals surface area contributed by atoms with E-state index in [0.29, 0.717) is 23.4 Å². The first-order valence-electron chi connectivity index (χ1n) is 13.0. The third kappa shape index (κ3) is 4.46. The number of amides is 2. The summed E-state index contributed by atoms with van der Waals surface area (Å²) in [6.45, 7) is 2.76.